The minimum Gasteiger partial charge on any atom is -0.490 e. The van der Waals surface area contributed by atoms with Crippen LogP contribution in [0.3, 0.4) is 0 Å². The lowest BCUT2D eigenvalue weighted by Gasteiger charge is -2.34. The van der Waals surface area contributed by atoms with Gasteiger partial charge in [-0.2, -0.15) is 4.31 Å². The summed E-state index contributed by atoms with van der Waals surface area (Å²) in [7, 11) is -3.62. The number of ether oxygens (including phenoxy) is 2. The number of fused-ring (bicyclic) bond motifs is 3. The minimum absolute atomic E-state index is 0.0157. The highest BCUT2D eigenvalue weighted by atomic mass is 32.2. The molecule has 1 aromatic carbocycles. The molecule has 0 radical (unpaired) electrons. The van der Waals surface area contributed by atoms with E-state index in [1.54, 1.807) is 22.5 Å². The molecule has 0 spiro atoms. The van der Waals surface area contributed by atoms with Crippen LogP contribution < -0.4 is 9.47 Å². The summed E-state index contributed by atoms with van der Waals surface area (Å²) in [6.45, 7) is 3.17. The number of sulfonamides is 1. The lowest BCUT2D eigenvalue weighted by atomic mass is 9.72. The zero-order chi connectivity index (χ0) is 17.7. The van der Waals surface area contributed by atoms with Crippen molar-refractivity contribution >= 4 is 10.0 Å². The first kappa shape index (κ1) is 17.1. The lowest BCUT2D eigenvalue weighted by Crippen LogP contribution is -2.42. The molecule has 3 atom stereocenters. The van der Waals surface area contributed by atoms with Crippen LogP contribution in [0.15, 0.2) is 23.1 Å². The van der Waals surface area contributed by atoms with Crippen molar-refractivity contribution in [3.63, 3.8) is 0 Å². The molecular formula is C18H25NO5S. The summed E-state index contributed by atoms with van der Waals surface area (Å²) in [6.07, 6.45) is 4.01. The summed E-state index contributed by atoms with van der Waals surface area (Å²) in [6, 6.07) is 4.74. The molecule has 0 aliphatic carbocycles. The first-order valence-corrected chi connectivity index (χ1v) is 10.5. The largest absolute Gasteiger partial charge is 0.490 e. The second kappa shape index (κ2) is 6.14. The highest BCUT2D eigenvalue weighted by molar-refractivity contribution is 7.89. The lowest BCUT2D eigenvalue weighted by molar-refractivity contribution is 0.0849. The molecule has 3 aliphatic heterocycles. The SMILES string of the molecule is CC[C@@]1(CO)C[C@@H]2CC[C@H]1N2S(=O)(=O)c1ccc2c(c1)OCCCO2. The van der Waals surface area contributed by atoms with Crippen LogP contribution in [0.25, 0.3) is 0 Å². The highest BCUT2D eigenvalue weighted by Gasteiger charge is 2.58. The third-order valence-corrected chi connectivity index (χ3v) is 8.06. The van der Waals surface area contributed by atoms with E-state index in [0.29, 0.717) is 24.7 Å². The second-order valence-corrected chi connectivity index (χ2v) is 9.16. The van der Waals surface area contributed by atoms with Crippen LogP contribution >= 0.6 is 0 Å². The summed E-state index contributed by atoms with van der Waals surface area (Å²) in [4.78, 5) is 0.249. The van der Waals surface area contributed by atoms with Gasteiger partial charge in [0.1, 0.15) is 0 Å². The maximum atomic E-state index is 13.3. The smallest absolute Gasteiger partial charge is 0.243 e. The predicted molar refractivity (Wildman–Crippen MR) is 92.3 cm³/mol. The second-order valence-electron chi connectivity index (χ2n) is 7.32. The average Bonchev–Trinajstić information content (AvgIpc) is 3.09. The van der Waals surface area contributed by atoms with Gasteiger partial charge in [-0.15, -0.1) is 0 Å². The molecule has 0 unspecified atom stereocenters. The first-order chi connectivity index (χ1) is 12.0. The van der Waals surface area contributed by atoms with Gasteiger partial charge in [0.2, 0.25) is 10.0 Å². The molecule has 6 nitrogen and oxygen atoms in total. The number of rotatable bonds is 4. The third kappa shape index (κ3) is 2.55. The summed E-state index contributed by atoms with van der Waals surface area (Å²) in [5.74, 6) is 1.09. The fourth-order valence-electron chi connectivity index (χ4n) is 4.68. The Bertz CT molecular complexity index is 759. The summed E-state index contributed by atoms with van der Waals surface area (Å²) in [5, 5.41) is 9.92. The zero-order valence-electron chi connectivity index (χ0n) is 14.5. The number of aliphatic hydroxyl groups excluding tert-OH is 1. The van der Waals surface area contributed by atoms with Crippen molar-refractivity contribution in [2.24, 2.45) is 5.41 Å². The standard InChI is InChI=1S/C18H25NO5S/c1-2-18(12-20)11-13-4-7-17(18)19(13)25(21,22)14-5-6-15-16(10-14)24-9-3-8-23-15/h5-6,10,13,17,20H,2-4,7-9,11-12H2,1H3/t13-,17+,18-/m0/s1. The monoisotopic (exact) mass is 367 g/mol. The first-order valence-electron chi connectivity index (χ1n) is 9.06. The van der Waals surface area contributed by atoms with Gasteiger partial charge >= 0.3 is 0 Å². The van der Waals surface area contributed by atoms with Gasteiger partial charge in [0.05, 0.1) is 24.7 Å². The molecule has 138 valence electrons. The Hall–Kier alpha value is -1.31. The third-order valence-electron chi connectivity index (χ3n) is 6.10. The molecule has 3 heterocycles. The van der Waals surface area contributed by atoms with E-state index in [1.165, 1.54) is 0 Å². The summed E-state index contributed by atoms with van der Waals surface area (Å²) >= 11 is 0. The Morgan fingerprint density at radius 2 is 2.00 bits per heavy atom. The fourth-order valence-corrected chi connectivity index (χ4v) is 6.66. The van der Waals surface area contributed by atoms with Crippen LogP contribution in [0.1, 0.15) is 39.0 Å². The topological polar surface area (TPSA) is 76.1 Å². The van der Waals surface area contributed by atoms with Gasteiger partial charge in [-0.1, -0.05) is 6.92 Å². The van der Waals surface area contributed by atoms with Crippen molar-refractivity contribution in [3.8, 4) is 11.5 Å². The minimum atomic E-state index is -3.62. The quantitative estimate of drug-likeness (QED) is 0.883. The molecule has 25 heavy (non-hydrogen) atoms. The summed E-state index contributed by atoms with van der Waals surface area (Å²) in [5.41, 5.74) is -0.304. The highest BCUT2D eigenvalue weighted by Crippen LogP contribution is 2.53. The predicted octanol–water partition coefficient (Wildman–Crippen LogP) is 2.16. The van der Waals surface area contributed by atoms with Crippen LogP contribution in [-0.2, 0) is 10.0 Å². The van der Waals surface area contributed by atoms with E-state index in [2.05, 4.69) is 0 Å². The summed E-state index contributed by atoms with van der Waals surface area (Å²) < 4.78 is 39.6. The van der Waals surface area contributed by atoms with Crippen LogP contribution in [-0.4, -0.2) is 49.7 Å². The molecule has 7 heteroatoms. The van der Waals surface area contributed by atoms with Gasteiger partial charge in [0.15, 0.2) is 11.5 Å². The van der Waals surface area contributed by atoms with Crippen molar-refractivity contribution < 1.29 is 23.0 Å². The van der Waals surface area contributed by atoms with E-state index in [9.17, 15) is 13.5 Å². The maximum Gasteiger partial charge on any atom is 0.243 e. The normalized spacial score (nSPS) is 31.9. The number of benzene rings is 1. The van der Waals surface area contributed by atoms with Gasteiger partial charge in [0, 0.05) is 30.0 Å². The maximum absolute atomic E-state index is 13.3. The fraction of sp³-hybridized carbons (Fsp3) is 0.667. The van der Waals surface area contributed by atoms with Crippen LogP contribution in [0.4, 0.5) is 0 Å². The van der Waals surface area contributed by atoms with Crippen LogP contribution in [0.5, 0.6) is 11.5 Å². The molecule has 2 fully saturated rings. The Labute approximate surface area is 148 Å². The molecule has 1 aromatic rings. The molecule has 2 saturated heterocycles. The van der Waals surface area contributed by atoms with Gasteiger partial charge in [-0.05, 0) is 37.8 Å². The van der Waals surface area contributed by atoms with E-state index in [1.807, 2.05) is 6.92 Å². The number of hydrogen-bond donors (Lipinski definition) is 1. The molecular weight excluding hydrogens is 342 g/mol. The number of aliphatic hydroxyl groups is 1. The average molecular weight is 367 g/mol. The molecule has 0 aromatic heterocycles. The molecule has 0 amide bonds. The molecule has 4 rings (SSSR count). The molecule has 3 aliphatic rings. The van der Waals surface area contributed by atoms with E-state index in [-0.39, 0.29) is 29.0 Å². The van der Waals surface area contributed by atoms with Gasteiger partial charge < -0.3 is 14.6 Å². The van der Waals surface area contributed by atoms with Crippen molar-refractivity contribution in [2.75, 3.05) is 19.8 Å². The Morgan fingerprint density at radius 1 is 1.24 bits per heavy atom. The van der Waals surface area contributed by atoms with Crippen molar-refractivity contribution in [1.82, 2.24) is 4.31 Å². The zero-order valence-corrected chi connectivity index (χ0v) is 15.3. The van der Waals surface area contributed by atoms with E-state index in [0.717, 1.165) is 32.1 Å². The van der Waals surface area contributed by atoms with Crippen LogP contribution in [0.2, 0.25) is 0 Å². The molecule has 2 bridgehead atoms. The van der Waals surface area contributed by atoms with Crippen molar-refractivity contribution in [2.45, 2.75) is 56.0 Å². The van der Waals surface area contributed by atoms with Gasteiger partial charge in [-0.3, -0.25) is 0 Å². The van der Waals surface area contributed by atoms with Crippen LogP contribution in [0, 0.1) is 5.41 Å². The van der Waals surface area contributed by atoms with Crippen molar-refractivity contribution in [1.29, 1.82) is 0 Å². The van der Waals surface area contributed by atoms with Gasteiger partial charge in [-0.25, -0.2) is 8.42 Å². The van der Waals surface area contributed by atoms with Gasteiger partial charge in [0.25, 0.3) is 0 Å². The number of nitrogens with zero attached hydrogens (tertiary/aromatic N) is 1. The Kier molecular flexibility index (Phi) is 4.21. The van der Waals surface area contributed by atoms with Crippen molar-refractivity contribution in [3.05, 3.63) is 18.2 Å². The van der Waals surface area contributed by atoms with E-state index >= 15 is 0 Å². The molecule has 1 N–H and O–H groups in total. The van der Waals surface area contributed by atoms with E-state index in [4.69, 9.17) is 9.47 Å². The van der Waals surface area contributed by atoms with E-state index < -0.39 is 10.0 Å². The molecule has 0 saturated carbocycles. The Balaban J connectivity index is 1.70. The Morgan fingerprint density at radius 3 is 2.68 bits per heavy atom. The number of hydrogen-bond acceptors (Lipinski definition) is 5.